The molecule has 0 aliphatic carbocycles. The molecule has 0 unspecified atom stereocenters. The Kier molecular flexibility index (Phi) is 5.76. The van der Waals surface area contributed by atoms with Crippen molar-refractivity contribution in [3.8, 4) is 5.75 Å². The summed E-state index contributed by atoms with van der Waals surface area (Å²) in [6.45, 7) is 1.96. The van der Waals surface area contributed by atoms with Gasteiger partial charge < -0.3 is 15.4 Å². The van der Waals surface area contributed by atoms with E-state index in [9.17, 15) is 9.59 Å². The maximum absolute atomic E-state index is 11.9. The zero-order valence-corrected chi connectivity index (χ0v) is 14.4. The first-order valence-corrected chi connectivity index (χ1v) is 7.77. The average molecular weight is 377 g/mol. The van der Waals surface area contributed by atoms with Gasteiger partial charge in [0.2, 0.25) is 11.8 Å². The molecular formula is C17H17BrN2O3. The van der Waals surface area contributed by atoms with Crippen molar-refractivity contribution in [1.82, 2.24) is 0 Å². The van der Waals surface area contributed by atoms with E-state index in [1.54, 1.807) is 43.5 Å². The van der Waals surface area contributed by atoms with E-state index in [0.717, 1.165) is 10.0 Å². The third kappa shape index (κ3) is 5.10. The SMILES string of the molecule is COc1cccc(NC(=O)CC(=O)Nc2ccc(C)c(Br)c2)c1. The van der Waals surface area contributed by atoms with Crippen molar-refractivity contribution in [2.75, 3.05) is 17.7 Å². The smallest absolute Gasteiger partial charge is 0.233 e. The molecule has 0 aliphatic heterocycles. The number of carbonyl (C=O) groups excluding carboxylic acids is 2. The second-order valence-corrected chi connectivity index (χ2v) is 5.82. The Morgan fingerprint density at radius 1 is 1.04 bits per heavy atom. The Bertz CT molecular complexity index is 732. The fourth-order valence-corrected chi connectivity index (χ4v) is 2.31. The highest BCUT2D eigenvalue weighted by Gasteiger charge is 2.11. The molecular weight excluding hydrogens is 360 g/mol. The second-order valence-electron chi connectivity index (χ2n) is 4.97. The molecule has 0 radical (unpaired) electrons. The molecule has 2 rings (SSSR count). The summed E-state index contributed by atoms with van der Waals surface area (Å²) >= 11 is 3.40. The molecule has 2 aromatic carbocycles. The number of ether oxygens (including phenoxy) is 1. The van der Waals surface area contributed by atoms with Crippen LogP contribution in [0.1, 0.15) is 12.0 Å². The normalized spacial score (nSPS) is 10.0. The van der Waals surface area contributed by atoms with Crippen LogP contribution in [-0.4, -0.2) is 18.9 Å². The van der Waals surface area contributed by atoms with Gasteiger partial charge >= 0.3 is 0 Å². The molecule has 2 N–H and O–H groups in total. The van der Waals surface area contributed by atoms with Gasteiger partial charge in [0.15, 0.2) is 0 Å². The number of anilines is 2. The van der Waals surface area contributed by atoms with Crippen molar-refractivity contribution in [3.05, 3.63) is 52.5 Å². The molecule has 120 valence electrons. The largest absolute Gasteiger partial charge is 0.497 e. The molecule has 23 heavy (non-hydrogen) atoms. The summed E-state index contributed by atoms with van der Waals surface area (Å²) in [5.74, 6) is -0.125. The van der Waals surface area contributed by atoms with Crippen molar-refractivity contribution < 1.29 is 14.3 Å². The third-order valence-corrected chi connectivity index (χ3v) is 3.98. The van der Waals surface area contributed by atoms with Gasteiger partial charge in [0.1, 0.15) is 12.2 Å². The third-order valence-electron chi connectivity index (χ3n) is 3.13. The molecule has 0 atom stereocenters. The van der Waals surface area contributed by atoms with Crippen LogP contribution in [0.25, 0.3) is 0 Å². The van der Waals surface area contributed by atoms with E-state index in [1.807, 2.05) is 13.0 Å². The monoisotopic (exact) mass is 376 g/mol. The molecule has 0 aromatic heterocycles. The lowest BCUT2D eigenvalue weighted by Crippen LogP contribution is -2.21. The molecule has 0 spiro atoms. The molecule has 0 bridgehead atoms. The number of benzene rings is 2. The Morgan fingerprint density at radius 2 is 1.70 bits per heavy atom. The van der Waals surface area contributed by atoms with Crippen molar-refractivity contribution in [2.45, 2.75) is 13.3 Å². The number of carbonyl (C=O) groups is 2. The minimum Gasteiger partial charge on any atom is -0.497 e. The van der Waals surface area contributed by atoms with Crippen LogP contribution >= 0.6 is 15.9 Å². The van der Waals surface area contributed by atoms with Crippen LogP contribution in [0.3, 0.4) is 0 Å². The van der Waals surface area contributed by atoms with Crippen LogP contribution in [0.5, 0.6) is 5.75 Å². The number of hydrogen-bond donors (Lipinski definition) is 2. The predicted molar refractivity (Wildman–Crippen MR) is 93.7 cm³/mol. The van der Waals surface area contributed by atoms with Crippen LogP contribution in [0.2, 0.25) is 0 Å². The van der Waals surface area contributed by atoms with E-state index in [-0.39, 0.29) is 18.2 Å². The Hall–Kier alpha value is -2.34. The van der Waals surface area contributed by atoms with Gasteiger partial charge in [-0.05, 0) is 36.8 Å². The maximum Gasteiger partial charge on any atom is 0.233 e. The standard InChI is InChI=1S/C17H17BrN2O3/c1-11-6-7-13(9-15(11)18)20-17(22)10-16(21)19-12-4-3-5-14(8-12)23-2/h3-9H,10H2,1-2H3,(H,19,21)(H,20,22). The van der Waals surface area contributed by atoms with Gasteiger partial charge in [0.05, 0.1) is 7.11 Å². The van der Waals surface area contributed by atoms with Crippen LogP contribution in [0.15, 0.2) is 46.9 Å². The lowest BCUT2D eigenvalue weighted by molar-refractivity contribution is -0.123. The lowest BCUT2D eigenvalue weighted by Gasteiger charge is -2.08. The zero-order valence-electron chi connectivity index (χ0n) is 12.9. The van der Waals surface area contributed by atoms with E-state index in [2.05, 4.69) is 26.6 Å². The molecule has 0 saturated carbocycles. The minimum atomic E-state index is -0.387. The summed E-state index contributed by atoms with van der Waals surface area (Å²) in [6, 6.07) is 12.4. The fourth-order valence-electron chi connectivity index (χ4n) is 1.93. The quantitative estimate of drug-likeness (QED) is 0.781. The molecule has 2 amide bonds. The van der Waals surface area contributed by atoms with E-state index >= 15 is 0 Å². The number of amides is 2. The summed E-state index contributed by atoms with van der Waals surface area (Å²) < 4.78 is 5.98. The number of rotatable bonds is 5. The van der Waals surface area contributed by atoms with Crippen LogP contribution in [0.4, 0.5) is 11.4 Å². The predicted octanol–water partition coefficient (Wildman–Crippen LogP) is 3.73. The number of nitrogens with one attached hydrogen (secondary N) is 2. The molecule has 0 saturated heterocycles. The summed E-state index contributed by atoms with van der Waals surface area (Å²) in [7, 11) is 1.55. The minimum absolute atomic E-state index is 0.261. The first-order chi connectivity index (χ1) is 11.0. The summed E-state index contributed by atoms with van der Waals surface area (Å²) in [4.78, 5) is 23.8. The van der Waals surface area contributed by atoms with Crippen LogP contribution in [-0.2, 0) is 9.59 Å². The van der Waals surface area contributed by atoms with Gasteiger partial charge in [-0.25, -0.2) is 0 Å². The maximum atomic E-state index is 11.9. The van der Waals surface area contributed by atoms with E-state index in [4.69, 9.17) is 4.74 Å². The Morgan fingerprint density at radius 3 is 2.30 bits per heavy atom. The van der Waals surface area contributed by atoms with Gasteiger partial charge in [-0.3, -0.25) is 9.59 Å². The van der Waals surface area contributed by atoms with Crippen molar-refractivity contribution in [2.24, 2.45) is 0 Å². The first kappa shape index (κ1) is 17.0. The van der Waals surface area contributed by atoms with E-state index in [1.165, 1.54) is 0 Å². The van der Waals surface area contributed by atoms with Gasteiger partial charge in [-0.15, -0.1) is 0 Å². The van der Waals surface area contributed by atoms with E-state index in [0.29, 0.717) is 17.1 Å². The van der Waals surface area contributed by atoms with Gasteiger partial charge in [0.25, 0.3) is 0 Å². The number of aryl methyl sites for hydroxylation is 1. The molecule has 2 aromatic rings. The fraction of sp³-hybridized carbons (Fsp3) is 0.176. The summed E-state index contributed by atoms with van der Waals surface area (Å²) in [5, 5.41) is 5.36. The van der Waals surface area contributed by atoms with Crippen molar-refractivity contribution >= 4 is 39.1 Å². The molecule has 0 heterocycles. The zero-order chi connectivity index (χ0) is 16.8. The van der Waals surface area contributed by atoms with Gasteiger partial charge in [-0.2, -0.15) is 0 Å². The summed E-state index contributed by atoms with van der Waals surface area (Å²) in [6.07, 6.45) is -0.261. The van der Waals surface area contributed by atoms with Gasteiger partial charge in [0, 0.05) is 21.9 Å². The Balaban J connectivity index is 1.91. The second kappa shape index (κ2) is 7.78. The number of hydrogen-bond acceptors (Lipinski definition) is 3. The highest BCUT2D eigenvalue weighted by atomic mass is 79.9. The average Bonchev–Trinajstić information content (AvgIpc) is 2.51. The number of halogens is 1. The summed E-state index contributed by atoms with van der Waals surface area (Å²) in [5.41, 5.74) is 2.29. The van der Waals surface area contributed by atoms with Crippen molar-refractivity contribution in [3.63, 3.8) is 0 Å². The van der Waals surface area contributed by atoms with Crippen LogP contribution < -0.4 is 15.4 Å². The first-order valence-electron chi connectivity index (χ1n) is 6.98. The van der Waals surface area contributed by atoms with Crippen molar-refractivity contribution in [1.29, 1.82) is 0 Å². The molecule has 0 aliphatic rings. The Labute approximate surface area is 143 Å². The number of methoxy groups -OCH3 is 1. The topological polar surface area (TPSA) is 67.4 Å². The van der Waals surface area contributed by atoms with Crippen LogP contribution in [0, 0.1) is 6.92 Å². The molecule has 6 heteroatoms. The van der Waals surface area contributed by atoms with E-state index < -0.39 is 0 Å². The highest BCUT2D eigenvalue weighted by molar-refractivity contribution is 9.10. The lowest BCUT2D eigenvalue weighted by atomic mass is 10.2. The molecule has 0 fully saturated rings. The molecule has 5 nitrogen and oxygen atoms in total. The van der Waals surface area contributed by atoms with Gasteiger partial charge in [-0.1, -0.05) is 28.1 Å². The highest BCUT2D eigenvalue weighted by Crippen LogP contribution is 2.21.